The molecule has 0 radical (unpaired) electrons. The number of carboxylic acid groups (broad SMARTS) is 1. The summed E-state index contributed by atoms with van der Waals surface area (Å²) in [5.41, 5.74) is 6.08. The summed E-state index contributed by atoms with van der Waals surface area (Å²) in [7, 11) is 0. The van der Waals surface area contributed by atoms with E-state index in [0.29, 0.717) is 11.3 Å². The van der Waals surface area contributed by atoms with Crippen molar-refractivity contribution in [2.45, 2.75) is 20.0 Å². The second-order valence-electron chi connectivity index (χ2n) is 3.91. The van der Waals surface area contributed by atoms with Crippen LogP contribution in [0.15, 0.2) is 6.07 Å². The maximum absolute atomic E-state index is 11.1. The Labute approximate surface area is 104 Å². The number of aryl methyl sites for hydroxylation is 2. The number of rotatable bonds is 5. The van der Waals surface area contributed by atoms with E-state index in [1.54, 1.807) is 19.9 Å². The number of hydrogen-bond donors (Lipinski definition) is 4. The number of nitrogens with zero attached hydrogens (tertiary/aromatic N) is 1. The molecule has 1 aromatic rings. The summed E-state index contributed by atoms with van der Waals surface area (Å²) in [6, 6.07) is 1.64. The van der Waals surface area contributed by atoms with Crippen molar-refractivity contribution in [3.63, 3.8) is 0 Å². The molecule has 0 bridgehead atoms. The van der Waals surface area contributed by atoms with Crippen LogP contribution in [0.3, 0.4) is 0 Å². The SMILES string of the molecule is Cc1cc(C)c(C(=O)O)c(NCC(O)C(N)=O)n1. The topological polar surface area (TPSA) is 126 Å². The van der Waals surface area contributed by atoms with E-state index >= 15 is 0 Å². The number of nitrogens with one attached hydrogen (secondary N) is 1. The van der Waals surface area contributed by atoms with Crippen molar-refractivity contribution >= 4 is 17.7 Å². The number of carboxylic acids is 1. The molecule has 7 nitrogen and oxygen atoms in total. The minimum atomic E-state index is -1.39. The number of aromatic nitrogens is 1. The van der Waals surface area contributed by atoms with Gasteiger partial charge in [-0.05, 0) is 25.5 Å². The van der Waals surface area contributed by atoms with E-state index in [2.05, 4.69) is 10.3 Å². The predicted octanol–water partition coefficient (Wildman–Crippen LogP) is -0.345. The van der Waals surface area contributed by atoms with Gasteiger partial charge in [0.15, 0.2) is 0 Å². The number of pyridine rings is 1. The Morgan fingerprint density at radius 1 is 1.50 bits per heavy atom. The second-order valence-corrected chi connectivity index (χ2v) is 3.91. The van der Waals surface area contributed by atoms with E-state index in [9.17, 15) is 14.7 Å². The van der Waals surface area contributed by atoms with E-state index in [1.165, 1.54) is 0 Å². The van der Waals surface area contributed by atoms with Crippen molar-refractivity contribution in [2.75, 3.05) is 11.9 Å². The zero-order valence-electron chi connectivity index (χ0n) is 10.1. The molecule has 1 unspecified atom stereocenters. The van der Waals surface area contributed by atoms with Gasteiger partial charge in [0.1, 0.15) is 17.5 Å². The molecule has 7 heteroatoms. The van der Waals surface area contributed by atoms with Gasteiger partial charge < -0.3 is 21.3 Å². The first kappa shape index (κ1) is 13.9. The van der Waals surface area contributed by atoms with Crippen LogP contribution >= 0.6 is 0 Å². The smallest absolute Gasteiger partial charge is 0.339 e. The molecule has 1 rings (SSSR count). The van der Waals surface area contributed by atoms with E-state index in [-0.39, 0.29) is 17.9 Å². The Balaban J connectivity index is 3.00. The highest BCUT2D eigenvalue weighted by molar-refractivity contribution is 5.95. The number of aliphatic hydroxyl groups is 1. The van der Waals surface area contributed by atoms with Gasteiger partial charge in [-0.1, -0.05) is 0 Å². The van der Waals surface area contributed by atoms with Crippen LogP contribution in [0.4, 0.5) is 5.82 Å². The third kappa shape index (κ3) is 3.17. The van der Waals surface area contributed by atoms with Gasteiger partial charge in [0.05, 0.1) is 6.54 Å². The Morgan fingerprint density at radius 2 is 2.11 bits per heavy atom. The molecule has 1 amide bonds. The molecule has 1 atom stereocenters. The predicted molar refractivity (Wildman–Crippen MR) is 64.4 cm³/mol. The first-order valence-electron chi connectivity index (χ1n) is 5.25. The van der Waals surface area contributed by atoms with Crippen molar-refractivity contribution in [1.82, 2.24) is 4.98 Å². The first-order chi connectivity index (χ1) is 8.32. The van der Waals surface area contributed by atoms with Crippen molar-refractivity contribution in [3.05, 3.63) is 22.9 Å². The molecule has 0 aliphatic carbocycles. The number of carbonyl (C=O) groups excluding carboxylic acids is 1. The van der Waals surface area contributed by atoms with Crippen LogP contribution in [0, 0.1) is 13.8 Å². The lowest BCUT2D eigenvalue weighted by Crippen LogP contribution is -2.34. The summed E-state index contributed by atoms with van der Waals surface area (Å²) < 4.78 is 0. The van der Waals surface area contributed by atoms with E-state index in [4.69, 9.17) is 10.8 Å². The fourth-order valence-electron chi connectivity index (χ4n) is 1.53. The molecule has 1 heterocycles. The number of nitrogens with two attached hydrogens (primary N) is 1. The molecule has 18 heavy (non-hydrogen) atoms. The quantitative estimate of drug-likeness (QED) is 0.568. The minimum absolute atomic E-state index is 0.0114. The van der Waals surface area contributed by atoms with E-state index < -0.39 is 18.0 Å². The van der Waals surface area contributed by atoms with Gasteiger partial charge in [-0.15, -0.1) is 0 Å². The largest absolute Gasteiger partial charge is 0.478 e. The maximum atomic E-state index is 11.1. The lowest BCUT2D eigenvalue weighted by atomic mass is 10.1. The summed E-state index contributed by atoms with van der Waals surface area (Å²) >= 11 is 0. The molecular weight excluding hydrogens is 238 g/mol. The van der Waals surface area contributed by atoms with Crippen molar-refractivity contribution in [2.24, 2.45) is 5.73 Å². The van der Waals surface area contributed by atoms with Crippen molar-refractivity contribution in [3.8, 4) is 0 Å². The normalized spacial score (nSPS) is 11.9. The Kier molecular flexibility index (Phi) is 4.22. The third-order valence-electron chi connectivity index (χ3n) is 2.35. The van der Waals surface area contributed by atoms with Gasteiger partial charge >= 0.3 is 5.97 Å². The fraction of sp³-hybridized carbons (Fsp3) is 0.364. The molecule has 0 aliphatic rings. The number of aliphatic hydroxyl groups excluding tert-OH is 1. The van der Waals surface area contributed by atoms with Crippen molar-refractivity contribution in [1.29, 1.82) is 0 Å². The van der Waals surface area contributed by atoms with Gasteiger partial charge in [-0.25, -0.2) is 9.78 Å². The number of hydrogen-bond acceptors (Lipinski definition) is 5. The average molecular weight is 253 g/mol. The summed E-state index contributed by atoms with van der Waals surface area (Å²) in [5, 5.41) is 20.9. The average Bonchev–Trinajstić information content (AvgIpc) is 2.23. The summed E-state index contributed by atoms with van der Waals surface area (Å²) in [4.78, 5) is 25.8. The van der Waals surface area contributed by atoms with Crippen LogP contribution in [0.5, 0.6) is 0 Å². The lowest BCUT2D eigenvalue weighted by Gasteiger charge is -2.13. The molecule has 5 N–H and O–H groups in total. The monoisotopic (exact) mass is 253 g/mol. The molecular formula is C11H15N3O4. The molecule has 0 aliphatic heterocycles. The fourth-order valence-corrected chi connectivity index (χ4v) is 1.53. The molecule has 1 aromatic heterocycles. The number of amides is 1. The van der Waals surface area contributed by atoms with Gasteiger partial charge in [0.2, 0.25) is 5.91 Å². The molecule has 0 saturated heterocycles. The second kappa shape index (κ2) is 5.46. The highest BCUT2D eigenvalue weighted by atomic mass is 16.4. The number of carbonyl (C=O) groups is 2. The van der Waals surface area contributed by atoms with Crippen LogP contribution in [-0.2, 0) is 4.79 Å². The first-order valence-corrected chi connectivity index (χ1v) is 5.25. The molecule has 0 fully saturated rings. The number of anilines is 1. The number of primary amides is 1. The Bertz CT molecular complexity index is 487. The summed E-state index contributed by atoms with van der Waals surface area (Å²) in [6.45, 7) is 3.17. The van der Waals surface area contributed by atoms with Crippen LogP contribution in [0.1, 0.15) is 21.6 Å². The molecule has 0 aromatic carbocycles. The molecule has 0 spiro atoms. The minimum Gasteiger partial charge on any atom is -0.478 e. The van der Waals surface area contributed by atoms with Crippen LogP contribution in [0.2, 0.25) is 0 Å². The van der Waals surface area contributed by atoms with Gasteiger partial charge in [-0.2, -0.15) is 0 Å². The Morgan fingerprint density at radius 3 is 2.61 bits per heavy atom. The van der Waals surface area contributed by atoms with Crippen LogP contribution in [0.25, 0.3) is 0 Å². The molecule has 0 saturated carbocycles. The molecule has 98 valence electrons. The standard InChI is InChI=1S/C11H15N3O4/c1-5-3-6(2)14-10(8(5)11(17)18)13-4-7(15)9(12)16/h3,7,15H,4H2,1-2H3,(H2,12,16)(H,13,14)(H,17,18). The van der Waals surface area contributed by atoms with Gasteiger partial charge in [0, 0.05) is 5.69 Å². The zero-order chi connectivity index (χ0) is 13.9. The summed E-state index contributed by atoms with van der Waals surface area (Å²) in [5.74, 6) is -1.90. The lowest BCUT2D eigenvalue weighted by molar-refractivity contribution is -0.125. The highest BCUT2D eigenvalue weighted by Gasteiger charge is 2.17. The third-order valence-corrected chi connectivity index (χ3v) is 2.35. The van der Waals surface area contributed by atoms with Crippen LogP contribution < -0.4 is 11.1 Å². The van der Waals surface area contributed by atoms with E-state index in [0.717, 1.165) is 0 Å². The maximum Gasteiger partial charge on any atom is 0.339 e. The number of aromatic carboxylic acids is 1. The zero-order valence-corrected chi connectivity index (χ0v) is 10.1. The summed E-state index contributed by atoms with van der Waals surface area (Å²) in [6.07, 6.45) is -1.39. The van der Waals surface area contributed by atoms with Crippen LogP contribution in [-0.4, -0.2) is 39.7 Å². The van der Waals surface area contributed by atoms with Gasteiger partial charge in [0.25, 0.3) is 0 Å². The van der Waals surface area contributed by atoms with Crippen molar-refractivity contribution < 1.29 is 19.8 Å². The highest BCUT2D eigenvalue weighted by Crippen LogP contribution is 2.18. The van der Waals surface area contributed by atoms with Gasteiger partial charge in [-0.3, -0.25) is 4.79 Å². The van der Waals surface area contributed by atoms with E-state index in [1.807, 2.05) is 0 Å². The Hall–Kier alpha value is -2.15.